The van der Waals surface area contributed by atoms with Gasteiger partial charge in [0.1, 0.15) is 11.5 Å². The monoisotopic (exact) mass is 267 g/mol. The topological polar surface area (TPSA) is 38.3 Å². The van der Waals surface area contributed by atoms with E-state index in [1.807, 2.05) is 55.5 Å². The number of allylic oxidation sites excluding steroid dienone is 1. The quantitative estimate of drug-likeness (QED) is 0.839. The third kappa shape index (κ3) is 3.99. The Balaban J connectivity index is 2.03. The summed E-state index contributed by atoms with van der Waals surface area (Å²) in [5, 5.41) is 2.76. The summed E-state index contributed by atoms with van der Waals surface area (Å²) in [5.74, 6) is 1.40. The summed E-state index contributed by atoms with van der Waals surface area (Å²) in [6.45, 7) is 3.82. The molecule has 0 radical (unpaired) electrons. The minimum atomic E-state index is -0.139. The number of benzene rings is 2. The summed E-state index contributed by atoms with van der Waals surface area (Å²) in [6.07, 6.45) is 3.18. The summed E-state index contributed by atoms with van der Waals surface area (Å²) < 4.78 is 5.74. The van der Waals surface area contributed by atoms with E-state index >= 15 is 0 Å². The zero-order valence-corrected chi connectivity index (χ0v) is 11.6. The van der Waals surface area contributed by atoms with Crippen LogP contribution in [0.3, 0.4) is 0 Å². The highest BCUT2D eigenvalue weighted by Crippen LogP contribution is 2.23. The van der Waals surface area contributed by atoms with Gasteiger partial charge in [0.25, 0.3) is 0 Å². The maximum atomic E-state index is 11.4. The molecule has 0 atom stereocenters. The second kappa shape index (κ2) is 6.57. The lowest BCUT2D eigenvalue weighted by Gasteiger charge is -2.07. The summed E-state index contributed by atoms with van der Waals surface area (Å²) in [7, 11) is 0. The van der Waals surface area contributed by atoms with E-state index in [9.17, 15) is 4.79 Å². The highest BCUT2D eigenvalue weighted by atomic mass is 16.5. The predicted molar refractivity (Wildman–Crippen MR) is 81.1 cm³/mol. The molecule has 0 spiro atoms. The molecule has 2 aromatic rings. The Kier molecular flexibility index (Phi) is 4.56. The summed E-state index contributed by atoms with van der Waals surface area (Å²) >= 11 is 0. The molecule has 20 heavy (non-hydrogen) atoms. The van der Waals surface area contributed by atoms with Gasteiger partial charge in [-0.1, -0.05) is 18.2 Å². The van der Waals surface area contributed by atoms with Gasteiger partial charge in [-0.2, -0.15) is 0 Å². The van der Waals surface area contributed by atoms with Gasteiger partial charge in [0.15, 0.2) is 0 Å². The third-order valence-corrected chi connectivity index (χ3v) is 2.67. The van der Waals surface area contributed by atoms with Crippen molar-refractivity contribution in [3.8, 4) is 11.5 Å². The van der Waals surface area contributed by atoms with Crippen molar-refractivity contribution in [3.63, 3.8) is 0 Å². The molecule has 3 heteroatoms. The molecule has 0 unspecified atom stereocenters. The number of ether oxygens (including phenoxy) is 1. The van der Waals surface area contributed by atoms with E-state index in [1.165, 1.54) is 6.08 Å². The van der Waals surface area contributed by atoms with Gasteiger partial charge < -0.3 is 10.1 Å². The molecule has 0 heterocycles. The fourth-order valence-electron chi connectivity index (χ4n) is 1.76. The third-order valence-electron chi connectivity index (χ3n) is 2.67. The van der Waals surface area contributed by atoms with Gasteiger partial charge in [-0.15, -0.1) is 0 Å². The van der Waals surface area contributed by atoms with Gasteiger partial charge in [0.05, 0.1) is 0 Å². The minimum absolute atomic E-state index is 0.139. The molecule has 0 saturated heterocycles. The molecule has 0 aliphatic rings. The first-order valence-corrected chi connectivity index (χ1v) is 6.45. The molecule has 1 amide bonds. The molecule has 0 fully saturated rings. The molecule has 2 rings (SSSR count). The van der Waals surface area contributed by atoms with Crippen molar-refractivity contribution >= 4 is 11.6 Å². The molecule has 0 saturated carbocycles. The van der Waals surface area contributed by atoms with E-state index in [0.29, 0.717) is 0 Å². The number of carbonyl (C=O) groups excluding carboxylic acids is 1. The van der Waals surface area contributed by atoms with Crippen molar-refractivity contribution in [2.24, 2.45) is 0 Å². The first kappa shape index (κ1) is 13.9. The van der Waals surface area contributed by atoms with Crippen molar-refractivity contribution in [2.45, 2.75) is 13.8 Å². The van der Waals surface area contributed by atoms with E-state index in [2.05, 4.69) is 5.32 Å². The number of hydrogen-bond donors (Lipinski definition) is 1. The Labute approximate surface area is 118 Å². The average molecular weight is 267 g/mol. The zero-order chi connectivity index (χ0) is 14.4. The van der Waals surface area contributed by atoms with Crippen LogP contribution in [0.5, 0.6) is 11.5 Å². The number of rotatable bonds is 4. The number of anilines is 1. The lowest BCUT2D eigenvalue weighted by atomic mass is 10.2. The van der Waals surface area contributed by atoms with E-state index in [1.54, 1.807) is 13.0 Å². The van der Waals surface area contributed by atoms with E-state index in [0.717, 1.165) is 22.7 Å². The summed E-state index contributed by atoms with van der Waals surface area (Å²) in [6, 6.07) is 15.1. The first-order chi connectivity index (χ1) is 9.67. The molecule has 3 nitrogen and oxygen atoms in total. The molecular weight excluding hydrogens is 250 g/mol. The van der Waals surface area contributed by atoms with Crippen molar-refractivity contribution in [3.05, 3.63) is 66.2 Å². The Morgan fingerprint density at radius 1 is 1.10 bits per heavy atom. The average Bonchev–Trinajstić information content (AvgIpc) is 2.41. The molecule has 0 aromatic heterocycles. The predicted octanol–water partition coefficient (Wildman–Crippen LogP) is 4.30. The van der Waals surface area contributed by atoms with Crippen LogP contribution in [0.2, 0.25) is 0 Å². The number of carbonyl (C=O) groups is 1. The lowest BCUT2D eigenvalue weighted by Crippen LogP contribution is -2.07. The maximum absolute atomic E-state index is 11.4. The first-order valence-electron chi connectivity index (χ1n) is 6.45. The lowest BCUT2D eigenvalue weighted by molar-refractivity contribution is -0.111. The normalized spacial score (nSPS) is 10.5. The second-order valence-electron chi connectivity index (χ2n) is 4.43. The maximum Gasteiger partial charge on any atom is 0.248 e. The Morgan fingerprint density at radius 2 is 1.85 bits per heavy atom. The Morgan fingerprint density at radius 3 is 2.50 bits per heavy atom. The van der Waals surface area contributed by atoms with Crippen molar-refractivity contribution in [1.29, 1.82) is 0 Å². The van der Waals surface area contributed by atoms with Crippen LogP contribution in [0.4, 0.5) is 5.69 Å². The van der Waals surface area contributed by atoms with Crippen LogP contribution in [-0.2, 0) is 4.79 Å². The van der Waals surface area contributed by atoms with Gasteiger partial charge >= 0.3 is 0 Å². The van der Waals surface area contributed by atoms with Crippen LogP contribution >= 0.6 is 0 Å². The molecule has 0 aliphatic heterocycles. The van der Waals surface area contributed by atoms with E-state index in [4.69, 9.17) is 4.74 Å². The molecule has 0 aliphatic carbocycles. The van der Waals surface area contributed by atoms with Crippen LogP contribution in [0.25, 0.3) is 0 Å². The largest absolute Gasteiger partial charge is 0.457 e. The molecule has 2 aromatic carbocycles. The number of nitrogens with one attached hydrogen (secondary N) is 1. The SMILES string of the molecule is C/C=C/C(=O)Nc1ccc(Oc2cccc(C)c2)cc1. The molecular formula is C17H17NO2. The van der Waals surface area contributed by atoms with Crippen LogP contribution in [-0.4, -0.2) is 5.91 Å². The van der Waals surface area contributed by atoms with Crippen molar-refractivity contribution < 1.29 is 9.53 Å². The van der Waals surface area contributed by atoms with Crippen molar-refractivity contribution in [2.75, 3.05) is 5.32 Å². The van der Waals surface area contributed by atoms with Gasteiger partial charge in [-0.05, 0) is 61.9 Å². The number of aryl methyl sites for hydroxylation is 1. The van der Waals surface area contributed by atoms with E-state index in [-0.39, 0.29) is 5.91 Å². The van der Waals surface area contributed by atoms with E-state index < -0.39 is 0 Å². The fraction of sp³-hybridized carbons (Fsp3) is 0.118. The number of hydrogen-bond acceptors (Lipinski definition) is 2. The fourth-order valence-corrected chi connectivity index (χ4v) is 1.76. The van der Waals surface area contributed by atoms with Crippen LogP contribution in [0.15, 0.2) is 60.7 Å². The van der Waals surface area contributed by atoms with Gasteiger partial charge in [-0.3, -0.25) is 4.79 Å². The standard InChI is InChI=1S/C17H17NO2/c1-3-5-17(19)18-14-8-10-15(11-9-14)20-16-7-4-6-13(2)12-16/h3-12H,1-2H3,(H,18,19)/b5-3+. The zero-order valence-electron chi connectivity index (χ0n) is 11.6. The highest BCUT2D eigenvalue weighted by molar-refractivity contribution is 5.99. The van der Waals surface area contributed by atoms with Gasteiger partial charge in [0, 0.05) is 5.69 Å². The number of amides is 1. The highest BCUT2D eigenvalue weighted by Gasteiger charge is 2.00. The smallest absolute Gasteiger partial charge is 0.248 e. The van der Waals surface area contributed by atoms with Crippen LogP contribution in [0.1, 0.15) is 12.5 Å². The molecule has 102 valence electrons. The minimum Gasteiger partial charge on any atom is -0.457 e. The van der Waals surface area contributed by atoms with Crippen LogP contribution in [0, 0.1) is 6.92 Å². The van der Waals surface area contributed by atoms with Crippen molar-refractivity contribution in [1.82, 2.24) is 0 Å². The van der Waals surface area contributed by atoms with Crippen LogP contribution < -0.4 is 10.1 Å². The van der Waals surface area contributed by atoms with Gasteiger partial charge in [-0.25, -0.2) is 0 Å². The molecule has 0 bridgehead atoms. The summed E-state index contributed by atoms with van der Waals surface area (Å²) in [5.41, 5.74) is 1.89. The molecule has 1 N–H and O–H groups in total. The second-order valence-corrected chi connectivity index (χ2v) is 4.43. The van der Waals surface area contributed by atoms with Gasteiger partial charge in [0.2, 0.25) is 5.91 Å². The Bertz CT molecular complexity index is 615. The Hall–Kier alpha value is -2.55. The summed E-state index contributed by atoms with van der Waals surface area (Å²) in [4.78, 5) is 11.4.